The Hall–Kier alpha value is -2.95. The summed E-state index contributed by atoms with van der Waals surface area (Å²) in [5.74, 6) is 0.351. The Morgan fingerprint density at radius 3 is 2.52 bits per heavy atom. The van der Waals surface area contributed by atoms with Crippen molar-refractivity contribution < 1.29 is 13.6 Å². The smallest absolute Gasteiger partial charge is 0.243 e. The summed E-state index contributed by atoms with van der Waals surface area (Å²) < 4.78 is 18.4. The van der Waals surface area contributed by atoms with Crippen LogP contribution in [0.3, 0.4) is 0 Å². The molecule has 152 valence electrons. The zero-order valence-electron chi connectivity index (χ0n) is 15.7. The monoisotopic (exact) mass is 509 g/mol. The minimum atomic E-state index is -0.357. The van der Waals surface area contributed by atoms with Gasteiger partial charge in [-0.15, -0.1) is 24.0 Å². The number of oxazole rings is 1. The largest absolute Gasteiger partial charge is 0.444 e. The number of aliphatic imine (C=N–C) groups is 1. The summed E-state index contributed by atoms with van der Waals surface area (Å²) in [6, 6.07) is 15.2. The molecule has 1 heterocycles. The van der Waals surface area contributed by atoms with E-state index < -0.39 is 0 Å². The molecule has 0 atom stereocenters. The molecular formula is C20H21FIN5O2. The van der Waals surface area contributed by atoms with Gasteiger partial charge in [0.25, 0.3) is 0 Å². The number of carbonyl (C=O) groups excluding carboxylic acids is 1. The van der Waals surface area contributed by atoms with Crippen LogP contribution in [-0.2, 0) is 11.3 Å². The number of hydrogen-bond acceptors (Lipinski definition) is 4. The maximum absolute atomic E-state index is 12.9. The number of nitrogens with one attached hydrogen (secondary N) is 3. The van der Waals surface area contributed by atoms with Crippen LogP contribution in [0.2, 0.25) is 0 Å². The zero-order valence-corrected chi connectivity index (χ0v) is 18.0. The molecule has 0 fully saturated rings. The number of aromatic nitrogens is 1. The fourth-order valence-electron chi connectivity index (χ4n) is 2.40. The SMILES string of the molecule is CN=C(NCC(=O)Nc1ccc(F)cc1)NCc1coc(-c2ccccc2)n1.I. The standard InChI is InChI=1S/C20H20FN5O2.HI/c1-22-20(24-12-18(27)25-16-9-7-15(21)8-10-16)23-11-17-13-28-19(26-17)14-5-3-2-4-6-14;/h2-10,13H,11-12H2,1H3,(H,25,27)(H2,22,23,24);1H. The Labute approximate surface area is 184 Å². The molecule has 0 saturated heterocycles. The molecule has 0 radical (unpaired) electrons. The summed E-state index contributed by atoms with van der Waals surface area (Å²) in [6.07, 6.45) is 1.57. The van der Waals surface area contributed by atoms with Gasteiger partial charge in [-0.1, -0.05) is 18.2 Å². The van der Waals surface area contributed by atoms with Crippen LogP contribution >= 0.6 is 24.0 Å². The number of rotatable bonds is 6. The summed E-state index contributed by atoms with van der Waals surface area (Å²) >= 11 is 0. The highest BCUT2D eigenvalue weighted by Gasteiger charge is 2.08. The number of halogens is 2. The third-order valence-electron chi connectivity index (χ3n) is 3.78. The van der Waals surface area contributed by atoms with Crippen LogP contribution in [0.4, 0.5) is 10.1 Å². The molecule has 3 aromatic rings. The average Bonchev–Trinajstić information content (AvgIpc) is 3.20. The normalized spacial score (nSPS) is 10.8. The number of anilines is 1. The first-order valence-electron chi connectivity index (χ1n) is 8.64. The van der Waals surface area contributed by atoms with Crippen molar-refractivity contribution in [2.75, 3.05) is 18.9 Å². The number of amides is 1. The third kappa shape index (κ3) is 6.86. The fraction of sp³-hybridized carbons (Fsp3) is 0.150. The van der Waals surface area contributed by atoms with Crippen LogP contribution in [0.25, 0.3) is 11.5 Å². The van der Waals surface area contributed by atoms with E-state index in [-0.39, 0.29) is 42.2 Å². The molecule has 0 unspecified atom stereocenters. The average molecular weight is 509 g/mol. The number of hydrogen-bond donors (Lipinski definition) is 3. The van der Waals surface area contributed by atoms with Crippen molar-refractivity contribution >= 4 is 41.5 Å². The quantitative estimate of drug-likeness (QED) is 0.269. The number of benzene rings is 2. The van der Waals surface area contributed by atoms with Crippen molar-refractivity contribution in [2.45, 2.75) is 6.54 Å². The lowest BCUT2D eigenvalue weighted by Gasteiger charge is -2.11. The molecule has 2 aromatic carbocycles. The van der Waals surface area contributed by atoms with Gasteiger partial charge in [-0.05, 0) is 36.4 Å². The van der Waals surface area contributed by atoms with Crippen molar-refractivity contribution in [2.24, 2.45) is 4.99 Å². The maximum atomic E-state index is 12.9. The Balaban J connectivity index is 0.00000300. The Bertz CT molecular complexity index is 945. The molecule has 1 aromatic heterocycles. The summed E-state index contributed by atoms with van der Waals surface area (Å²) in [5.41, 5.74) is 2.12. The Morgan fingerprint density at radius 1 is 1.10 bits per heavy atom. The van der Waals surface area contributed by atoms with Crippen LogP contribution in [0, 0.1) is 5.82 Å². The van der Waals surface area contributed by atoms with E-state index in [1.54, 1.807) is 13.3 Å². The number of carbonyl (C=O) groups is 1. The zero-order chi connectivity index (χ0) is 19.8. The predicted molar refractivity (Wildman–Crippen MR) is 121 cm³/mol. The van der Waals surface area contributed by atoms with Gasteiger partial charge in [0.2, 0.25) is 11.8 Å². The Morgan fingerprint density at radius 2 is 1.83 bits per heavy atom. The van der Waals surface area contributed by atoms with Gasteiger partial charge in [0.05, 0.1) is 18.8 Å². The van der Waals surface area contributed by atoms with Crippen LogP contribution in [0.15, 0.2) is 70.3 Å². The lowest BCUT2D eigenvalue weighted by molar-refractivity contribution is -0.115. The molecule has 0 saturated carbocycles. The molecule has 0 spiro atoms. The van der Waals surface area contributed by atoms with Crippen LogP contribution < -0.4 is 16.0 Å². The van der Waals surface area contributed by atoms with Gasteiger partial charge in [0.15, 0.2) is 5.96 Å². The minimum Gasteiger partial charge on any atom is -0.444 e. The highest BCUT2D eigenvalue weighted by molar-refractivity contribution is 14.0. The van der Waals surface area contributed by atoms with Crippen molar-refractivity contribution in [3.8, 4) is 11.5 Å². The third-order valence-corrected chi connectivity index (χ3v) is 3.78. The second-order valence-corrected chi connectivity index (χ2v) is 5.84. The first kappa shape index (κ1) is 22.3. The van der Waals surface area contributed by atoms with E-state index in [1.807, 2.05) is 30.3 Å². The van der Waals surface area contributed by atoms with E-state index in [4.69, 9.17) is 4.42 Å². The first-order valence-corrected chi connectivity index (χ1v) is 8.64. The predicted octanol–water partition coefficient (Wildman–Crippen LogP) is 3.40. The van der Waals surface area contributed by atoms with Gasteiger partial charge in [0.1, 0.15) is 12.1 Å². The van der Waals surface area contributed by atoms with Crippen molar-refractivity contribution in [1.82, 2.24) is 15.6 Å². The lowest BCUT2D eigenvalue weighted by Crippen LogP contribution is -2.41. The molecule has 1 amide bonds. The van der Waals surface area contributed by atoms with Gasteiger partial charge >= 0.3 is 0 Å². The van der Waals surface area contributed by atoms with E-state index in [1.165, 1.54) is 24.3 Å². The van der Waals surface area contributed by atoms with E-state index in [0.29, 0.717) is 29.8 Å². The fourth-order valence-corrected chi connectivity index (χ4v) is 2.40. The second kappa shape index (κ2) is 11.1. The molecule has 3 rings (SSSR count). The van der Waals surface area contributed by atoms with Crippen LogP contribution in [-0.4, -0.2) is 30.4 Å². The highest BCUT2D eigenvalue weighted by atomic mass is 127. The number of guanidine groups is 1. The van der Waals surface area contributed by atoms with Crippen molar-refractivity contribution in [1.29, 1.82) is 0 Å². The van der Waals surface area contributed by atoms with Crippen molar-refractivity contribution in [3.05, 3.63) is 72.4 Å². The van der Waals surface area contributed by atoms with Gasteiger partial charge in [-0.2, -0.15) is 0 Å². The molecule has 0 aliphatic carbocycles. The molecule has 3 N–H and O–H groups in total. The molecule has 29 heavy (non-hydrogen) atoms. The summed E-state index contributed by atoms with van der Waals surface area (Å²) in [6.45, 7) is 0.390. The first-order chi connectivity index (χ1) is 13.6. The van der Waals surface area contributed by atoms with E-state index >= 15 is 0 Å². The molecular weight excluding hydrogens is 488 g/mol. The molecule has 0 bridgehead atoms. The second-order valence-electron chi connectivity index (χ2n) is 5.84. The summed E-state index contributed by atoms with van der Waals surface area (Å²) in [7, 11) is 1.60. The molecule has 7 nitrogen and oxygen atoms in total. The maximum Gasteiger partial charge on any atom is 0.243 e. The van der Waals surface area contributed by atoms with E-state index in [9.17, 15) is 9.18 Å². The summed E-state index contributed by atoms with van der Waals surface area (Å²) in [5, 5.41) is 8.63. The van der Waals surface area contributed by atoms with Gasteiger partial charge in [-0.3, -0.25) is 9.79 Å². The topological polar surface area (TPSA) is 91.5 Å². The highest BCUT2D eigenvalue weighted by Crippen LogP contribution is 2.17. The Kier molecular flexibility index (Phi) is 8.59. The van der Waals surface area contributed by atoms with Crippen molar-refractivity contribution in [3.63, 3.8) is 0 Å². The van der Waals surface area contributed by atoms with Crippen LogP contribution in [0.1, 0.15) is 5.69 Å². The minimum absolute atomic E-state index is 0. The molecule has 0 aliphatic rings. The van der Waals surface area contributed by atoms with E-state index in [0.717, 1.165) is 5.56 Å². The number of nitrogens with zero attached hydrogens (tertiary/aromatic N) is 2. The summed E-state index contributed by atoms with van der Waals surface area (Å²) in [4.78, 5) is 20.5. The van der Waals surface area contributed by atoms with Gasteiger partial charge in [0, 0.05) is 18.3 Å². The van der Waals surface area contributed by atoms with Gasteiger partial charge in [-0.25, -0.2) is 9.37 Å². The van der Waals surface area contributed by atoms with Gasteiger partial charge < -0.3 is 20.4 Å². The van der Waals surface area contributed by atoms with Crippen LogP contribution in [0.5, 0.6) is 0 Å². The lowest BCUT2D eigenvalue weighted by atomic mass is 10.2. The molecule has 9 heteroatoms. The molecule has 0 aliphatic heterocycles. The van der Waals surface area contributed by atoms with E-state index in [2.05, 4.69) is 25.9 Å².